The van der Waals surface area contributed by atoms with Crippen molar-refractivity contribution in [2.24, 2.45) is 0 Å². The molecule has 0 spiro atoms. The van der Waals surface area contributed by atoms with Crippen LogP contribution in [0.1, 0.15) is 12.5 Å². The standard InChI is InChI=1S/C15H16N2O2/c1-12(17-10-6-9-16-17)15(19-13(2)18)11-14-7-4-3-5-8-14/h3-10,15H,1,11H2,2H3. The summed E-state index contributed by atoms with van der Waals surface area (Å²) in [5.74, 6) is -0.325. The molecule has 4 heteroatoms. The third-order valence-electron chi connectivity index (χ3n) is 2.74. The molecule has 0 bridgehead atoms. The number of aromatic nitrogens is 2. The van der Waals surface area contributed by atoms with E-state index < -0.39 is 6.10 Å². The third kappa shape index (κ3) is 3.55. The summed E-state index contributed by atoms with van der Waals surface area (Å²) < 4.78 is 6.96. The first-order valence-electron chi connectivity index (χ1n) is 6.07. The van der Waals surface area contributed by atoms with Crippen LogP contribution in [-0.2, 0) is 16.0 Å². The minimum atomic E-state index is -0.417. The van der Waals surface area contributed by atoms with Crippen molar-refractivity contribution in [2.45, 2.75) is 19.4 Å². The maximum Gasteiger partial charge on any atom is 0.303 e. The van der Waals surface area contributed by atoms with E-state index >= 15 is 0 Å². The fraction of sp³-hybridized carbons (Fsp3) is 0.200. The summed E-state index contributed by atoms with van der Waals surface area (Å²) in [5, 5.41) is 4.11. The van der Waals surface area contributed by atoms with Gasteiger partial charge < -0.3 is 4.74 Å². The van der Waals surface area contributed by atoms with E-state index in [-0.39, 0.29) is 5.97 Å². The summed E-state index contributed by atoms with van der Waals surface area (Å²) in [5.41, 5.74) is 1.73. The summed E-state index contributed by atoms with van der Waals surface area (Å²) in [6.07, 6.45) is 3.61. The number of hydrogen-bond donors (Lipinski definition) is 0. The topological polar surface area (TPSA) is 44.1 Å². The normalized spacial score (nSPS) is 11.8. The molecule has 0 aliphatic rings. The Morgan fingerprint density at radius 2 is 2.11 bits per heavy atom. The van der Waals surface area contributed by atoms with Crippen LogP contribution < -0.4 is 0 Å². The highest BCUT2D eigenvalue weighted by Gasteiger charge is 2.18. The largest absolute Gasteiger partial charge is 0.456 e. The van der Waals surface area contributed by atoms with Crippen molar-refractivity contribution in [2.75, 3.05) is 0 Å². The van der Waals surface area contributed by atoms with Crippen LogP contribution in [0.5, 0.6) is 0 Å². The minimum absolute atomic E-state index is 0.325. The second kappa shape index (κ2) is 6.00. The van der Waals surface area contributed by atoms with Crippen LogP contribution in [0.15, 0.2) is 55.4 Å². The Morgan fingerprint density at radius 3 is 2.68 bits per heavy atom. The molecule has 1 atom stereocenters. The van der Waals surface area contributed by atoms with Gasteiger partial charge in [0.05, 0.1) is 5.70 Å². The lowest BCUT2D eigenvalue weighted by Gasteiger charge is -2.19. The van der Waals surface area contributed by atoms with Crippen molar-refractivity contribution in [3.63, 3.8) is 0 Å². The predicted octanol–water partition coefficient (Wildman–Crippen LogP) is 2.53. The van der Waals surface area contributed by atoms with Gasteiger partial charge in [-0.1, -0.05) is 36.9 Å². The maximum absolute atomic E-state index is 11.2. The zero-order valence-electron chi connectivity index (χ0n) is 10.8. The van der Waals surface area contributed by atoms with E-state index in [1.807, 2.05) is 30.3 Å². The maximum atomic E-state index is 11.2. The van der Waals surface area contributed by atoms with E-state index in [1.54, 1.807) is 23.1 Å². The first kappa shape index (κ1) is 13.1. The molecule has 0 saturated heterocycles. The Balaban J connectivity index is 2.16. The van der Waals surface area contributed by atoms with Crippen LogP contribution in [0.25, 0.3) is 5.70 Å². The zero-order valence-corrected chi connectivity index (χ0v) is 10.8. The molecule has 2 aromatic rings. The summed E-state index contributed by atoms with van der Waals surface area (Å²) in [7, 11) is 0. The average molecular weight is 256 g/mol. The van der Waals surface area contributed by atoms with Crippen molar-refractivity contribution in [3.05, 3.63) is 60.9 Å². The van der Waals surface area contributed by atoms with Gasteiger partial charge in [-0.15, -0.1) is 0 Å². The molecule has 1 unspecified atom stereocenters. The molecule has 0 fully saturated rings. The fourth-order valence-electron chi connectivity index (χ4n) is 1.84. The van der Waals surface area contributed by atoms with Crippen LogP contribution in [0.3, 0.4) is 0 Å². The second-order valence-corrected chi connectivity index (χ2v) is 4.23. The highest BCUT2D eigenvalue weighted by molar-refractivity contribution is 5.68. The summed E-state index contributed by atoms with van der Waals surface area (Å²) in [6.45, 7) is 5.37. The van der Waals surface area contributed by atoms with Crippen molar-refractivity contribution in [1.82, 2.24) is 9.78 Å². The molecule has 0 radical (unpaired) electrons. The molecule has 0 aliphatic carbocycles. The van der Waals surface area contributed by atoms with E-state index in [2.05, 4.69) is 11.7 Å². The van der Waals surface area contributed by atoms with Gasteiger partial charge in [0.2, 0.25) is 0 Å². The monoisotopic (exact) mass is 256 g/mol. The number of esters is 1. The molecule has 0 amide bonds. The molecular weight excluding hydrogens is 240 g/mol. The molecule has 2 rings (SSSR count). The second-order valence-electron chi connectivity index (χ2n) is 4.23. The number of carbonyl (C=O) groups excluding carboxylic acids is 1. The lowest BCUT2D eigenvalue weighted by Crippen LogP contribution is -2.23. The Bertz CT molecular complexity index is 547. The molecule has 98 valence electrons. The highest BCUT2D eigenvalue weighted by atomic mass is 16.5. The summed E-state index contributed by atoms with van der Waals surface area (Å²) >= 11 is 0. The fourth-order valence-corrected chi connectivity index (χ4v) is 1.84. The highest BCUT2D eigenvalue weighted by Crippen LogP contribution is 2.16. The van der Waals surface area contributed by atoms with Gasteiger partial charge in [-0.25, -0.2) is 4.68 Å². The third-order valence-corrected chi connectivity index (χ3v) is 2.74. The molecule has 0 saturated carbocycles. The van der Waals surface area contributed by atoms with Crippen LogP contribution in [-0.4, -0.2) is 21.9 Å². The first-order valence-corrected chi connectivity index (χ1v) is 6.07. The van der Waals surface area contributed by atoms with Crippen LogP contribution >= 0.6 is 0 Å². The van der Waals surface area contributed by atoms with Crippen molar-refractivity contribution < 1.29 is 9.53 Å². The van der Waals surface area contributed by atoms with Gasteiger partial charge in [-0.05, 0) is 11.6 Å². The van der Waals surface area contributed by atoms with Crippen molar-refractivity contribution >= 4 is 11.7 Å². The Labute approximate surface area is 112 Å². The van der Waals surface area contributed by atoms with E-state index in [0.717, 1.165) is 5.56 Å². The minimum Gasteiger partial charge on any atom is -0.456 e. The summed E-state index contributed by atoms with van der Waals surface area (Å²) in [6, 6.07) is 11.7. The molecule has 0 aliphatic heterocycles. The van der Waals surface area contributed by atoms with Crippen molar-refractivity contribution in [3.8, 4) is 0 Å². The Kier molecular flexibility index (Phi) is 4.13. The van der Waals surface area contributed by atoms with Gasteiger partial charge in [0, 0.05) is 25.7 Å². The Hall–Kier alpha value is -2.36. The number of benzene rings is 1. The predicted molar refractivity (Wildman–Crippen MR) is 73.3 cm³/mol. The number of ether oxygens (including phenoxy) is 1. The lowest BCUT2D eigenvalue weighted by atomic mass is 10.1. The van der Waals surface area contributed by atoms with E-state index in [1.165, 1.54) is 6.92 Å². The molecule has 4 nitrogen and oxygen atoms in total. The quantitative estimate of drug-likeness (QED) is 0.772. The van der Waals surface area contributed by atoms with E-state index in [9.17, 15) is 4.79 Å². The molecule has 0 N–H and O–H groups in total. The van der Waals surface area contributed by atoms with Gasteiger partial charge >= 0.3 is 5.97 Å². The van der Waals surface area contributed by atoms with Crippen LogP contribution in [0, 0.1) is 0 Å². The van der Waals surface area contributed by atoms with Crippen molar-refractivity contribution in [1.29, 1.82) is 0 Å². The Morgan fingerprint density at radius 1 is 1.37 bits per heavy atom. The molecule has 1 aromatic heterocycles. The number of nitrogens with zero attached hydrogens (tertiary/aromatic N) is 2. The van der Waals surface area contributed by atoms with Crippen LogP contribution in [0.2, 0.25) is 0 Å². The van der Waals surface area contributed by atoms with Gasteiger partial charge in [0.25, 0.3) is 0 Å². The first-order chi connectivity index (χ1) is 9.16. The SMILES string of the molecule is C=C(C(Cc1ccccc1)OC(C)=O)n1cccn1. The number of rotatable bonds is 5. The molecule has 19 heavy (non-hydrogen) atoms. The number of hydrogen-bond acceptors (Lipinski definition) is 3. The lowest BCUT2D eigenvalue weighted by molar-refractivity contribution is -0.143. The zero-order chi connectivity index (χ0) is 13.7. The smallest absolute Gasteiger partial charge is 0.303 e. The molecular formula is C15H16N2O2. The molecule has 1 heterocycles. The van der Waals surface area contributed by atoms with Gasteiger partial charge in [-0.2, -0.15) is 5.10 Å². The van der Waals surface area contributed by atoms with Gasteiger partial charge in [-0.3, -0.25) is 4.79 Å². The van der Waals surface area contributed by atoms with Crippen LogP contribution in [0.4, 0.5) is 0 Å². The van der Waals surface area contributed by atoms with E-state index in [4.69, 9.17) is 4.74 Å². The van der Waals surface area contributed by atoms with E-state index in [0.29, 0.717) is 12.1 Å². The number of carbonyl (C=O) groups is 1. The van der Waals surface area contributed by atoms with Gasteiger partial charge in [0.15, 0.2) is 0 Å². The average Bonchev–Trinajstić information content (AvgIpc) is 2.91. The molecule has 1 aromatic carbocycles. The summed E-state index contributed by atoms with van der Waals surface area (Å²) in [4.78, 5) is 11.2. The van der Waals surface area contributed by atoms with Gasteiger partial charge in [0.1, 0.15) is 6.10 Å².